The summed E-state index contributed by atoms with van der Waals surface area (Å²) in [5.41, 5.74) is 1.08. The van der Waals surface area contributed by atoms with E-state index in [0.717, 1.165) is 5.56 Å². The van der Waals surface area contributed by atoms with E-state index in [0.29, 0.717) is 22.9 Å². The molecule has 1 aromatic carbocycles. The van der Waals surface area contributed by atoms with Gasteiger partial charge in [-0.3, -0.25) is 0 Å². The highest BCUT2D eigenvalue weighted by Crippen LogP contribution is 2.31. The molecule has 0 radical (unpaired) electrons. The van der Waals surface area contributed by atoms with Crippen molar-refractivity contribution in [2.24, 2.45) is 0 Å². The summed E-state index contributed by atoms with van der Waals surface area (Å²) in [4.78, 5) is 15.0. The van der Waals surface area contributed by atoms with Gasteiger partial charge in [-0.05, 0) is 30.3 Å². The predicted molar refractivity (Wildman–Crippen MR) is 76.4 cm³/mol. The van der Waals surface area contributed by atoms with Crippen molar-refractivity contribution < 1.29 is 19.0 Å². The van der Waals surface area contributed by atoms with Gasteiger partial charge in [-0.2, -0.15) is 0 Å². The molecular formula is C15H12FNO3S. The van der Waals surface area contributed by atoms with Gasteiger partial charge in [-0.15, -0.1) is 11.8 Å². The van der Waals surface area contributed by atoms with Crippen LogP contribution in [-0.2, 0) is 6.42 Å². The van der Waals surface area contributed by atoms with Crippen molar-refractivity contribution >= 4 is 17.7 Å². The third-order valence-corrected chi connectivity index (χ3v) is 4.22. The summed E-state index contributed by atoms with van der Waals surface area (Å²) in [5.74, 6) is 0.113. The number of benzene rings is 1. The molecule has 1 aromatic heterocycles. The first-order valence-corrected chi connectivity index (χ1v) is 7.37. The number of carbonyl (C=O) groups is 1. The van der Waals surface area contributed by atoms with Gasteiger partial charge in [0.2, 0.25) is 0 Å². The van der Waals surface area contributed by atoms with E-state index in [1.165, 1.54) is 42.2 Å². The maximum absolute atomic E-state index is 13.1. The average Bonchev–Trinajstić information content (AvgIpc) is 2.87. The lowest BCUT2D eigenvalue weighted by molar-refractivity contribution is 0.0696. The molecule has 4 nitrogen and oxygen atoms in total. The highest BCUT2D eigenvalue weighted by atomic mass is 32.2. The number of nitrogens with zero attached hydrogens (tertiary/aromatic N) is 1. The minimum Gasteiger partial charge on any atom is -0.489 e. The van der Waals surface area contributed by atoms with Crippen molar-refractivity contribution in [1.29, 1.82) is 0 Å². The first-order valence-electron chi connectivity index (χ1n) is 6.39. The maximum atomic E-state index is 13.1. The second-order valence-electron chi connectivity index (χ2n) is 4.69. The number of hydrogen-bond donors (Lipinski definition) is 1. The smallest absolute Gasteiger partial charge is 0.335 e. The minimum absolute atomic E-state index is 0.0536. The van der Waals surface area contributed by atoms with Gasteiger partial charge in [0.1, 0.15) is 17.7 Å². The van der Waals surface area contributed by atoms with Gasteiger partial charge in [0.05, 0.1) is 10.6 Å². The van der Waals surface area contributed by atoms with Gasteiger partial charge in [0.25, 0.3) is 0 Å². The van der Waals surface area contributed by atoms with Crippen LogP contribution < -0.4 is 4.74 Å². The third-order valence-electron chi connectivity index (χ3n) is 3.16. The fourth-order valence-corrected chi connectivity index (χ4v) is 3.07. The van der Waals surface area contributed by atoms with E-state index in [9.17, 15) is 9.18 Å². The number of ether oxygens (including phenoxy) is 1. The number of thioether (sulfide) groups is 1. The average molecular weight is 305 g/mol. The van der Waals surface area contributed by atoms with Crippen LogP contribution in [0.25, 0.3) is 0 Å². The molecule has 1 aliphatic rings. The van der Waals surface area contributed by atoms with Crippen molar-refractivity contribution in [2.45, 2.75) is 17.6 Å². The molecule has 1 N–H and O–H groups in total. The lowest BCUT2D eigenvalue weighted by atomic mass is 10.1. The molecule has 0 aliphatic carbocycles. The number of aromatic nitrogens is 1. The van der Waals surface area contributed by atoms with Crippen molar-refractivity contribution in [3.8, 4) is 5.75 Å². The summed E-state index contributed by atoms with van der Waals surface area (Å²) in [5, 5.41) is 9.58. The molecule has 1 aliphatic heterocycles. The molecule has 108 valence electrons. The van der Waals surface area contributed by atoms with Crippen LogP contribution in [0.5, 0.6) is 5.75 Å². The lowest BCUT2D eigenvalue weighted by Crippen LogP contribution is -2.16. The molecule has 0 fully saturated rings. The Balaban J connectivity index is 1.62. The maximum Gasteiger partial charge on any atom is 0.335 e. The van der Waals surface area contributed by atoms with Crippen LogP contribution in [0, 0.1) is 5.82 Å². The standard InChI is InChI=1S/C15H12FNO3S/c16-11-1-2-13-10(5-11)6-12(20-13)8-21-14-7-9(15(18)19)3-4-17-14/h1-5,7,12H,6,8H2,(H,18,19). The number of aromatic carboxylic acids is 1. The van der Waals surface area contributed by atoms with E-state index in [1.54, 1.807) is 6.07 Å². The van der Waals surface area contributed by atoms with Crippen molar-refractivity contribution in [3.63, 3.8) is 0 Å². The van der Waals surface area contributed by atoms with Crippen LogP contribution in [0.1, 0.15) is 15.9 Å². The highest BCUT2D eigenvalue weighted by Gasteiger charge is 2.23. The van der Waals surface area contributed by atoms with Gasteiger partial charge < -0.3 is 9.84 Å². The van der Waals surface area contributed by atoms with E-state index in [1.807, 2.05) is 0 Å². The Morgan fingerprint density at radius 3 is 3.10 bits per heavy atom. The van der Waals surface area contributed by atoms with Crippen LogP contribution in [0.15, 0.2) is 41.6 Å². The summed E-state index contributed by atoms with van der Waals surface area (Å²) >= 11 is 1.43. The number of halogens is 1. The Bertz CT molecular complexity index is 692. The molecule has 0 saturated heterocycles. The SMILES string of the molecule is O=C(O)c1ccnc(SCC2Cc3cc(F)ccc3O2)c1. The third kappa shape index (κ3) is 3.16. The van der Waals surface area contributed by atoms with Crippen molar-refractivity contribution in [3.05, 3.63) is 53.5 Å². The zero-order chi connectivity index (χ0) is 14.8. The lowest BCUT2D eigenvalue weighted by Gasteiger charge is -2.09. The molecule has 0 saturated carbocycles. The molecule has 0 spiro atoms. The van der Waals surface area contributed by atoms with Crippen LogP contribution in [0.4, 0.5) is 4.39 Å². The second-order valence-corrected chi connectivity index (χ2v) is 5.74. The van der Waals surface area contributed by atoms with E-state index in [-0.39, 0.29) is 17.5 Å². The fourth-order valence-electron chi connectivity index (χ4n) is 2.18. The number of carboxylic acids is 1. The molecule has 1 atom stereocenters. The molecule has 2 aromatic rings. The largest absolute Gasteiger partial charge is 0.489 e. The van der Waals surface area contributed by atoms with Crippen LogP contribution in [0.2, 0.25) is 0 Å². The van der Waals surface area contributed by atoms with Gasteiger partial charge in [-0.25, -0.2) is 14.2 Å². The zero-order valence-electron chi connectivity index (χ0n) is 11.0. The van der Waals surface area contributed by atoms with E-state index >= 15 is 0 Å². The molecule has 1 unspecified atom stereocenters. The van der Waals surface area contributed by atoms with Crippen LogP contribution >= 0.6 is 11.8 Å². The van der Waals surface area contributed by atoms with Crippen molar-refractivity contribution in [2.75, 3.05) is 5.75 Å². The zero-order valence-corrected chi connectivity index (χ0v) is 11.8. The fraction of sp³-hybridized carbons (Fsp3) is 0.200. The minimum atomic E-state index is -0.973. The first kappa shape index (κ1) is 13.9. The molecule has 6 heteroatoms. The Morgan fingerprint density at radius 2 is 2.29 bits per heavy atom. The second kappa shape index (κ2) is 5.73. The normalized spacial score (nSPS) is 16.3. The van der Waals surface area contributed by atoms with Gasteiger partial charge >= 0.3 is 5.97 Å². The van der Waals surface area contributed by atoms with Gasteiger partial charge in [-0.1, -0.05) is 0 Å². The van der Waals surface area contributed by atoms with Crippen LogP contribution in [-0.4, -0.2) is 27.9 Å². The highest BCUT2D eigenvalue weighted by molar-refractivity contribution is 7.99. The summed E-state index contributed by atoms with van der Waals surface area (Å²) in [7, 11) is 0. The number of pyridine rings is 1. The Kier molecular flexibility index (Phi) is 3.79. The molecule has 2 heterocycles. The Labute approximate surface area is 125 Å². The number of rotatable bonds is 4. The summed E-state index contributed by atoms with van der Waals surface area (Å²) in [6, 6.07) is 7.50. The predicted octanol–water partition coefficient (Wildman–Crippen LogP) is 3.01. The number of hydrogen-bond acceptors (Lipinski definition) is 4. The summed E-state index contributed by atoms with van der Waals surface area (Å²) < 4.78 is 18.9. The summed E-state index contributed by atoms with van der Waals surface area (Å²) in [6.45, 7) is 0. The first-order chi connectivity index (χ1) is 10.1. The van der Waals surface area contributed by atoms with Gasteiger partial charge in [0.15, 0.2) is 0 Å². The number of carboxylic acid groups (broad SMARTS) is 1. The van der Waals surface area contributed by atoms with Gasteiger partial charge in [0, 0.05) is 23.9 Å². The molecule has 21 heavy (non-hydrogen) atoms. The van der Waals surface area contributed by atoms with Crippen LogP contribution in [0.3, 0.4) is 0 Å². The number of fused-ring (bicyclic) bond motifs is 1. The topological polar surface area (TPSA) is 59.4 Å². The van der Waals surface area contributed by atoms with E-state index < -0.39 is 5.97 Å². The summed E-state index contributed by atoms with van der Waals surface area (Å²) in [6.07, 6.45) is 2.08. The Morgan fingerprint density at radius 1 is 1.43 bits per heavy atom. The molecule has 0 amide bonds. The molecule has 0 bridgehead atoms. The van der Waals surface area contributed by atoms with Crippen molar-refractivity contribution in [1.82, 2.24) is 4.98 Å². The van der Waals surface area contributed by atoms with E-state index in [4.69, 9.17) is 9.84 Å². The van der Waals surface area contributed by atoms with E-state index in [2.05, 4.69) is 4.98 Å². The monoisotopic (exact) mass is 305 g/mol. The Hall–Kier alpha value is -2.08. The molecule has 3 rings (SSSR count). The quantitative estimate of drug-likeness (QED) is 0.880. The molecular weight excluding hydrogens is 293 g/mol.